The van der Waals surface area contributed by atoms with Crippen molar-refractivity contribution < 1.29 is 22.7 Å². The van der Waals surface area contributed by atoms with Crippen LogP contribution in [0.2, 0.25) is 0 Å². The largest absolute Gasteiger partial charge is 0.505 e. The fraction of sp³-hybridized carbons (Fsp3) is 0.143. The van der Waals surface area contributed by atoms with Crippen LogP contribution in [0.25, 0.3) is 0 Å². The Morgan fingerprint density at radius 3 is 2.40 bits per heavy atom. The van der Waals surface area contributed by atoms with Crippen LogP contribution in [0.15, 0.2) is 42.5 Å². The highest BCUT2D eigenvalue weighted by Gasteiger charge is 2.32. The van der Waals surface area contributed by atoms with Crippen LogP contribution in [0.4, 0.5) is 23.2 Å². The van der Waals surface area contributed by atoms with Gasteiger partial charge in [0.25, 0.3) is 0 Å². The molecule has 0 atom stereocenters. The maximum absolute atomic E-state index is 13.1. The SMILES string of the molecule is Oc1ccc(CNc2ccccc2C(F)(F)F)cc1F. The summed E-state index contributed by atoms with van der Waals surface area (Å²) in [6.07, 6.45) is -4.45. The van der Waals surface area contributed by atoms with Gasteiger partial charge in [-0.2, -0.15) is 13.2 Å². The molecule has 0 aliphatic heterocycles. The maximum Gasteiger partial charge on any atom is 0.418 e. The summed E-state index contributed by atoms with van der Waals surface area (Å²) in [6, 6.07) is 8.71. The summed E-state index contributed by atoms with van der Waals surface area (Å²) in [5, 5.41) is 11.7. The van der Waals surface area contributed by atoms with Crippen molar-refractivity contribution in [2.75, 3.05) is 5.32 Å². The van der Waals surface area contributed by atoms with Crippen molar-refractivity contribution in [3.05, 3.63) is 59.4 Å². The van der Waals surface area contributed by atoms with Crippen LogP contribution in [-0.4, -0.2) is 5.11 Å². The molecule has 106 valence electrons. The number of alkyl halides is 3. The average molecular weight is 285 g/mol. The lowest BCUT2D eigenvalue weighted by molar-refractivity contribution is -0.136. The van der Waals surface area contributed by atoms with Gasteiger partial charge in [0.1, 0.15) is 0 Å². The minimum Gasteiger partial charge on any atom is -0.505 e. The number of phenols is 1. The first-order chi connectivity index (χ1) is 9.38. The lowest BCUT2D eigenvalue weighted by atomic mass is 10.1. The molecule has 6 heteroatoms. The molecule has 20 heavy (non-hydrogen) atoms. The van der Waals surface area contributed by atoms with Crippen LogP contribution in [0.1, 0.15) is 11.1 Å². The lowest BCUT2D eigenvalue weighted by Gasteiger charge is -2.14. The highest BCUT2D eigenvalue weighted by molar-refractivity contribution is 5.53. The summed E-state index contributed by atoms with van der Waals surface area (Å²) in [5.41, 5.74) is -0.426. The maximum atomic E-state index is 13.1. The molecule has 0 aromatic heterocycles. The number of rotatable bonds is 3. The van der Waals surface area contributed by atoms with E-state index >= 15 is 0 Å². The third-order valence-electron chi connectivity index (χ3n) is 2.73. The second-order valence-corrected chi connectivity index (χ2v) is 4.18. The summed E-state index contributed by atoms with van der Waals surface area (Å²) in [4.78, 5) is 0. The van der Waals surface area contributed by atoms with Gasteiger partial charge in [-0.05, 0) is 29.8 Å². The van der Waals surface area contributed by atoms with Gasteiger partial charge in [-0.1, -0.05) is 18.2 Å². The van der Waals surface area contributed by atoms with Crippen molar-refractivity contribution >= 4 is 5.69 Å². The van der Waals surface area contributed by atoms with E-state index in [1.807, 2.05) is 0 Å². The number of halogens is 4. The van der Waals surface area contributed by atoms with E-state index in [4.69, 9.17) is 5.11 Å². The standard InChI is InChI=1S/C14H11F4NO/c15-11-7-9(5-6-13(11)20)8-19-12-4-2-1-3-10(12)14(16,17)18/h1-7,19-20H,8H2. The fourth-order valence-electron chi connectivity index (χ4n) is 1.74. The van der Waals surface area contributed by atoms with Crippen molar-refractivity contribution in [3.8, 4) is 5.75 Å². The molecule has 2 N–H and O–H groups in total. The summed E-state index contributed by atoms with van der Waals surface area (Å²) < 4.78 is 51.4. The van der Waals surface area contributed by atoms with Gasteiger partial charge in [0, 0.05) is 12.2 Å². The van der Waals surface area contributed by atoms with Crippen LogP contribution >= 0.6 is 0 Å². The zero-order chi connectivity index (χ0) is 14.8. The average Bonchev–Trinajstić information content (AvgIpc) is 2.39. The second-order valence-electron chi connectivity index (χ2n) is 4.18. The Labute approximate surface area is 112 Å². The Morgan fingerprint density at radius 1 is 1.05 bits per heavy atom. The van der Waals surface area contributed by atoms with Crippen LogP contribution in [0.3, 0.4) is 0 Å². The second kappa shape index (κ2) is 5.40. The van der Waals surface area contributed by atoms with E-state index in [1.165, 1.54) is 24.3 Å². The molecule has 2 aromatic carbocycles. The van der Waals surface area contributed by atoms with E-state index in [0.717, 1.165) is 18.2 Å². The molecular weight excluding hydrogens is 274 g/mol. The van der Waals surface area contributed by atoms with Crippen molar-refractivity contribution in [1.29, 1.82) is 0 Å². The first kappa shape index (κ1) is 14.2. The third kappa shape index (κ3) is 3.20. The van der Waals surface area contributed by atoms with Gasteiger partial charge in [0.05, 0.1) is 5.56 Å². The van der Waals surface area contributed by atoms with Gasteiger partial charge in [-0.3, -0.25) is 0 Å². The molecule has 0 spiro atoms. The zero-order valence-electron chi connectivity index (χ0n) is 10.2. The van der Waals surface area contributed by atoms with Crippen molar-refractivity contribution in [2.45, 2.75) is 12.7 Å². The number of hydrogen-bond donors (Lipinski definition) is 2. The van der Waals surface area contributed by atoms with Gasteiger partial charge in [-0.25, -0.2) is 4.39 Å². The Bertz CT molecular complexity index is 610. The van der Waals surface area contributed by atoms with Crippen molar-refractivity contribution in [3.63, 3.8) is 0 Å². The Kier molecular flexibility index (Phi) is 3.83. The van der Waals surface area contributed by atoms with E-state index < -0.39 is 23.3 Å². The summed E-state index contributed by atoms with van der Waals surface area (Å²) >= 11 is 0. The summed E-state index contributed by atoms with van der Waals surface area (Å²) in [6.45, 7) is 0.0181. The Balaban J connectivity index is 2.17. The zero-order valence-corrected chi connectivity index (χ0v) is 10.2. The van der Waals surface area contributed by atoms with E-state index in [-0.39, 0.29) is 12.2 Å². The molecule has 2 rings (SSSR count). The van der Waals surface area contributed by atoms with Gasteiger partial charge < -0.3 is 10.4 Å². The number of para-hydroxylation sites is 1. The van der Waals surface area contributed by atoms with Crippen LogP contribution in [0.5, 0.6) is 5.75 Å². The van der Waals surface area contributed by atoms with Crippen molar-refractivity contribution in [1.82, 2.24) is 0 Å². The molecule has 0 saturated carbocycles. The smallest absolute Gasteiger partial charge is 0.418 e. The highest BCUT2D eigenvalue weighted by Crippen LogP contribution is 2.34. The molecule has 0 saturated heterocycles. The predicted molar refractivity (Wildman–Crippen MR) is 66.8 cm³/mol. The normalized spacial score (nSPS) is 11.4. The number of anilines is 1. The number of aromatic hydroxyl groups is 1. The third-order valence-corrected chi connectivity index (χ3v) is 2.73. The topological polar surface area (TPSA) is 32.3 Å². The van der Waals surface area contributed by atoms with E-state index in [9.17, 15) is 17.6 Å². The van der Waals surface area contributed by atoms with E-state index in [0.29, 0.717) is 5.56 Å². The molecule has 0 amide bonds. The molecule has 0 heterocycles. The number of benzene rings is 2. The predicted octanol–water partition coefficient (Wildman–Crippen LogP) is 4.16. The molecule has 0 unspecified atom stereocenters. The quantitative estimate of drug-likeness (QED) is 0.830. The highest BCUT2D eigenvalue weighted by atomic mass is 19.4. The minimum atomic E-state index is -4.45. The van der Waals surface area contributed by atoms with Gasteiger partial charge >= 0.3 is 6.18 Å². The monoisotopic (exact) mass is 285 g/mol. The molecule has 2 nitrogen and oxygen atoms in total. The first-order valence-corrected chi connectivity index (χ1v) is 5.75. The van der Waals surface area contributed by atoms with E-state index in [2.05, 4.69) is 5.32 Å². The van der Waals surface area contributed by atoms with Gasteiger partial charge in [-0.15, -0.1) is 0 Å². The molecular formula is C14H11F4NO. The molecule has 0 radical (unpaired) electrons. The lowest BCUT2D eigenvalue weighted by Crippen LogP contribution is -2.10. The number of nitrogens with one attached hydrogen (secondary N) is 1. The van der Waals surface area contributed by atoms with Gasteiger partial charge in [0.2, 0.25) is 0 Å². The molecule has 0 aliphatic carbocycles. The number of phenolic OH excluding ortho intramolecular Hbond substituents is 1. The molecule has 0 aliphatic rings. The molecule has 2 aromatic rings. The van der Waals surface area contributed by atoms with Gasteiger partial charge in [0.15, 0.2) is 11.6 Å². The van der Waals surface area contributed by atoms with Crippen LogP contribution < -0.4 is 5.32 Å². The summed E-state index contributed by atoms with van der Waals surface area (Å²) in [7, 11) is 0. The summed E-state index contributed by atoms with van der Waals surface area (Å²) in [5.74, 6) is -1.31. The van der Waals surface area contributed by atoms with Crippen molar-refractivity contribution in [2.24, 2.45) is 0 Å². The molecule has 0 fully saturated rings. The van der Waals surface area contributed by atoms with E-state index in [1.54, 1.807) is 0 Å². The van der Waals surface area contributed by atoms with Crippen LogP contribution in [-0.2, 0) is 12.7 Å². The number of hydrogen-bond acceptors (Lipinski definition) is 2. The molecule has 0 bridgehead atoms. The first-order valence-electron chi connectivity index (χ1n) is 5.75. The Hall–Kier alpha value is -2.24. The minimum absolute atomic E-state index is 0.0181. The fourth-order valence-corrected chi connectivity index (χ4v) is 1.74. The Morgan fingerprint density at radius 2 is 1.75 bits per heavy atom. The van der Waals surface area contributed by atoms with Crippen LogP contribution in [0, 0.1) is 5.82 Å².